The molecule has 0 spiro atoms. The number of carbonyl (C=O) groups is 4. The largest absolute Gasteiger partial charge is 0.573 e. The highest BCUT2D eigenvalue weighted by Crippen LogP contribution is 2.26. The topological polar surface area (TPSA) is 110 Å². The summed E-state index contributed by atoms with van der Waals surface area (Å²) < 4.78 is 41.4. The Morgan fingerprint density at radius 1 is 0.786 bits per heavy atom. The molecule has 0 heterocycles. The number of ether oxygens (including phenoxy) is 1. The standard InChI is InChI=1S/C32H30F3NO6/c1-31(2,3)19-20-4-6-21(7-5-20)26(18-27(37)22-12-14-25(15-13-22)42-32(33,34)35)29(40)23-8-10-24(11-9-23)30(41)36-17-16-28(38)39/h4-15,18H,16-17,19H2,1-3H3,(H,36,41)(H,38,39)/b26-18+. The van der Waals surface area contributed by atoms with Gasteiger partial charge < -0.3 is 15.2 Å². The minimum absolute atomic E-state index is 0.0234. The molecule has 1 amide bonds. The molecule has 2 N–H and O–H groups in total. The average Bonchev–Trinajstić information content (AvgIpc) is 2.90. The number of nitrogens with one attached hydrogen (secondary N) is 1. The summed E-state index contributed by atoms with van der Waals surface area (Å²) in [6, 6.07) is 17.2. The van der Waals surface area contributed by atoms with Gasteiger partial charge in [-0.15, -0.1) is 13.2 Å². The van der Waals surface area contributed by atoms with Gasteiger partial charge in [-0.1, -0.05) is 57.2 Å². The molecule has 10 heteroatoms. The molecule has 42 heavy (non-hydrogen) atoms. The fourth-order valence-electron chi connectivity index (χ4n) is 4.04. The molecule has 0 aromatic heterocycles. The molecule has 0 unspecified atom stereocenters. The molecule has 3 aromatic carbocycles. The summed E-state index contributed by atoms with van der Waals surface area (Å²) >= 11 is 0. The average molecular weight is 582 g/mol. The molecular weight excluding hydrogens is 551 g/mol. The maximum atomic E-state index is 13.6. The van der Waals surface area contributed by atoms with Crippen molar-refractivity contribution in [3.05, 3.63) is 107 Å². The number of aliphatic carboxylic acids is 1. The number of ketones is 2. The van der Waals surface area contributed by atoms with E-state index in [9.17, 15) is 32.3 Å². The minimum atomic E-state index is -4.88. The second-order valence-electron chi connectivity index (χ2n) is 10.7. The highest BCUT2D eigenvalue weighted by molar-refractivity contribution is 6.32. The van der Waals surface area contributed by atoms with Gasteiger partial charge in [0.15, 0.2) is 11.6 Å². The molecule has 3 rings (SSSR count). The highest BCUT2D eigenvalue weighted by Gasteiger charge is 2.31. The molecule has 3 aromatic rings. The summed E-state index contributed by atoms with van der Waals surface area (Å²) in [5, 5.41) is 11.2. The number of carboxylic acids is 1. The number of halogens is 3. The van der Waals surface area contributed by atoms with Crippen molar-refractivity contribution >= 4 is 29.0 Å². The zero-order valence-electron chi connectivity index (χ0n) is 23.2. The van der Waals surface area contributed by atoms with Crippen molar-refractivity contribution in [2.24, 2.45) is 5.41 Å². The predicted molar refractivity (Wildman–Crippen MR) is 150 cm³/mol. The van der Waals surface area contributed by atoms with Gasteiger partial charge in [0.05, 0.1) is 6.42 Å². The summed E-state index contributed by atoms with van der Waals surface area (Å²) in [6.45, 7) is 6.22. The maximum absolute atomic E-state index is 13.6. The number of carboxylic acid groups (broad SMARTS) is 1. The number of alkyl halides is 3. The van der Waals surface area contributed by atoms with Crippen molar-refractivity contribution < 1.29 is 42.2 Å². The Balaban J connectivity index is 1.92. The number of allylic oxidation sites excluding steroid dienone is 2. The number of benzene rings is 3. The summed E-state index contributed by atoms with van der Waals surface area (Å²) in [7, 11) is 0. The predicted octanol–water partition coefficient (Wildman–Crippen LogP) is 6.53. The van der Waals surface area contributed by atoms with Crippen LogP contribution in [0.5, 0.6) is 5.75 Å². The Kier molecular flexibility index (Phi) is 10.1. The molecule has 0 radical (unpaired) electrons. The molecule has 220 valence electrons. The number of amides is 1. The maximum Gasteiger partial charge on any atom is 0.573 e. The monoisotopic (exact) mass is 581 g/mol. The first kappa shape index (κ1) is 31.8. The third-order valence-electron chi connectivity index (χ3n) is 5.93. The van der Waals surface area contributed by atoms with E-state index in [1.165, 1.54) is 36.4 Å². The van der Waals surface area contributed by atoms with E-state index < -0.39 is 35.6 Å². The van der Waals surface area contributed by atoms with Crippen LogP contribution in [0, 0.1) is 5.41 Å². The van der Waals surface area contributed by atoms with Crippen molar-refractivity contribution in [2.45, 2.75) is 40.0 Å². The van der Waals surface area contributed by atoms with Crippen molar-refractivity contribution in [3.8, 4) is 5.75 Å². The van der Waals surface area contributed by atoms with Crippen LogP contribution in [0.25, 0.3) is 5.57 Å². The van der Waals surface area contributed by atoms with Gasteiger partial charge >= 0.3 is 12.3 Å². The Bertz CT molecular complexity index is 1470. The molecule has 0 saturated carbocycles. The summed E-state index contributed by atoms with van der Waals surface area (Å²) in [5.41, 5.74) is 2.01. The van der Waals surface area contributed by atoms with Crippen LogP contribution in [0.3, 0.4) is 0 Å². The second-order valence-corrected chi connectivity index (χ2v) is 10.7. The summed E-state index contributed by atoms with van der Waals surface area (Å²) in [4.78, 5) is 49.7. The van der Waals surface area contributed by atoms with E-state index in [2.05, 4.69) is 30.8 Å². The van der Waals surface area contributed by atoms with Gasteiger partial charge in [0.1, 0.15) is 5.75 Å². The number of hydrogen-bond donors (Lipinski definition) is 2. The van der Waals surface area contributed by atoms with E-state index in [0.29, 0.717) is 5.56 Å². The quantitative estimate of drug-likeness (QED) is 0.197. The first-order valence-corrected chi connectivity index (χ1v) is 13.0. The number of rotatable bonds is 11. The Hall–Kier alpha value is -4.73. The van der Waals surface area contributed by atoms with E-state index in [0.717, 1.165) is 30.2 Å². The lowest BCUT2D eigenvalue weighted by molar-refractivity contribution is -0.274. The van der Waals surface area contributed by atoms with Gasteiger partial charge in [-0.05, 0) is 65.4 Å². The van der Waals surface area contributed by atoms with Gasteiger partial charge in [0.2, 0.25) is 0 Å². The third-order valence-corrected chi connectivity index (χ3v) is 5.93. The van der Waals surface area contributed by atoms with Crippen LogP contribution in [-0.4, -0.2) is 41.5 Å². The van der Waals surface area contributed by atoms with Gasteiger partial charge in [-0.25, -0.2) is 0 Å². The van der Waals surface area contributed by atoms with E-state index >= 15 is 0 Å². The molecule has 0 aliphatic rings. The molecule has 0 atom stereocenters. The summed E-state index contributed by atoms with van der Waals surface area (Å²) in [5.74, 6) is -3.16. The molecule has 0 saturated heterocycles. The first-order valence-electron chi connectivity index (χ1n) is 13.0. The first-order chi connectivity index (χ1) is 19.6. The zero-order chi connectivity index (χ0) is 31.1. The number of hydrogen-bond acceptors (Lipinski definition) is 5. The van der Waals surface area contributed by atoms with E-state index in [-0.39, 0.29) is 40.6 Å². The smallest absolute Gasteiger partial charge is 0.481 e. The normalized spacial score (nSPS) is 12.0. The second kappa shape index (κ2) is 13.3. The number of carbonyl (C=O) groups excluding carboxylic acids is 3. The number of Topliss-reactive ketones (excluding diaryl/α,β-unsaturated/α-hetero) is 1. The SMILES string of the molecule is CC(C)(C)Cc1ccc(/C(=C\C(=O)c2ccc(OC(F)(F)F)cc2)C(=O)c2ccc(C(=O)NCCC(=O)O)cc2)cc1. The van der Waals surface area contributed by atoms with Crippen LogP contribution >= 0.6 is 0 Å². The fourth-order valence-corrected chi connectivity index (χ4v) is 4.04. The Morgan fingerprint density at radius 3 is 1.83 bits per heavy atom. The van der Waals surface area contributed by atoms with E-state index in [1.807, 2.05) is 12.1 Å². The molecular formula is C32H30F3NO6. The van der Waals surface area contributed by atoms with Gasteiger partial charge in [-0.3, -0.25) is 19.2 Å². The van der Waals surface area contributed by atoms with Crippen molar-refractivity contribution in [2.75, 3.05) is 6.54 Å². The van der Waals surface area contributed by atoms with Crippen molar-refractivity contribution in [3.63, 3.8) is 0 Å². The lowest BCUT2D eigenvalue weighted by Crippen LogP contribution is -2.26. The Labute approximate surface area is 241 Å². The van der Waals surface area contributed by atoms with E-state index in [4.69, 9.17) is 5.11 Å². The van der Waals surface area contributed by atoms with Crippen molar-refractivity contribution in [1.82, 2.24) is 5.32 Å². The van der Waals surface area contributed by atoms with Crippen LogP contribution in [0.15, 0.2) is 78.9 Å². The summed E-state index contributed by atoms with van der Waals surface area (Å²) in [6.07, 6.45) is -3.20. The minimum Gasteiger partial charge on any atom is -0.481 e. The van der Waals surface area contributed by atoms with Gasteiger partial charge in [0.25, 0.3) is 5.91 Å². The third kappa shape index (κ3) is 9.72. The molecule has 0 bridgehead atoms. The zero-order valence-corrected chi connectivity index (χ0v) is 23.2. The molecule has 0 aliphatic carbocycles. The van der Waals surface area contributed by atoms with Gasteiger partial charge in [0, 0.05) is 28.8 Å². The van der Waals surface area contributed by atoms with Gasteiger partial charge in [-0.2, -0.15) is 0 Å². The van der Waals surface area contributed by atoms with Crippen molar-refractivity contribution in [1.29, 1.82) is 0 Å². The van der Waals surface area contributed by atoms with Crippen LogP contribution in [0.2, 0.25) is 0 Å². The molecule has 0 fully saturated rings. The molecule has 7 nitrogen and oxygen atoms in total. The fraction of sp³-hybridized carbons (Fsp3) is 0.250. The molecule has 0 aliphatic heterocycles. The Morgan fingerprint density at radius 2 is 1.31 bits per heavy atom. The lowest BCUT2D eigenvalue weighted by Gasteiger charge is -2.18. The van der Waals surface area contributed by atoms with Crippen LogP contribution in [0.4, 0.5) is 13.2 Å². The van der Waals surface area contributed by atoms with Crippen LogP contribution in [-0.2, 0) is 11.2 Å². The van der Waals surface area contributed by atoms with Crippen LogP contribution < -0.4 is 10.1 Å². The lowest BCUT2D eigenvalue weighted by atomic mass is 9.87. The van der Waals surface area contributed by atoms with E-state index in [1.54, 1.807) is 12.1 Å². The van der Waals surface area contributed by atoms with Crippen LogP contribution in [0.1, 0.15) is 69.4 Å². The highest BCUT2D eigenvalue weighted by atomic mass is 19.4.